The molecule has 0 spiro atoms. The summed E-state index contributed by atoms with van der Waals surface area (Å²) >= 11 is 5.58. The topological polar surface area (TPSA) is 26.3 Å². The van der Waals surface area contributed by atoms with Crippen molar-refractivity contribution in [3.05, 3.63) is 0 Å². The van der Waals surface area contributed by atoms with E-state index in [-0.39, 0.29) is 6.10 Å². The highest BCUT2D eigenvalue weighted by Gasteiger charge is 2.25. The summed E-state index contributed by atoms with van der Waals surface area (Å²) in [4.78, 5) is 0. The van der Waals surface area contributed by atoms with Gasteiger partial charge in [0.1, 0.15) is 0 Å². The van der Waals surface area contributed by atoms with Gasteiger partial charge in [-0.1, -0.05) is 51.3 Å². The van der Waals surface area contributed by atoms with Crippen LogP contribution in [-0.2, 0) is 9.09 Å². The summed E-state index contributed by atoms with van der Waals surface area (Å²) in [6.07, 6.45) is 3.89. The van der Waals surface area contributed by atoms with Crippen LogP contribution in [0.2, 0.25) is 0 Å². The molecule has 5 heteroatoms. The molecule has 0 heterocycles. The first kappa shape index (κ1) is 15.9. The van der Waals surface area contributed by atoms with Gasteiger partial charge in [0.25, 0.3) is 0 Å². The van der Waals surface area contributed by atoms with Crippen LogP contribution >= 0.6 is 29.4 Å². The summed E-state index contributed by atoms with van der Waals surface area (Å²) in [5, 5.41) is 0.391. The van der Waals surface area contributed by atoms with Crippen LogP contribution < -0.4 is 0 Å². The van der Waals surface area contributed by atoms with Gasteiger partial charge in [0.15, 0.2) is 0 Å². The SMILES string of the molecule is CCC(CC)OP(=O)(S)SC(CC)CC. The van der Waals surface area contributed by atoms with Gasteiger partial charge in [0, 0.05) is 5.25 Å². The average Bonchev–Trinajstić information content (AvgIpc) is 2.22. The number of rotatable bonds is 8. The molecule has 0 aromatic heterocycles. The van der Waals surface area contributed by atoms with Crippen LogP contribution in [0.25, 0.3) is 0 Å². The molecule has 0 N–H and O–H groups in total. The Kier molecular flexibility index (Phi) is 8.53. The second kappa shape index (κ2) is 8.05. The summed E-state index contributed by atoms with van der Waals surface area (Å²) < 4.78 is 17.6. The summed E-state index contributed by atoms with van der Waals surface area (Å²) in [7, 11) is 0. The third-order valence-corrected chi connectivity index (χ3v) is 7.26. The molecule has 92 valence electrons. The van der Waals surface area contributed by atoms with Crippen molar-refractivity contribution in [1.82, 2.24) is 0 Å². The van der Waals surface area contributed by atoms with Gasteiger partial charge in [-0.3, -0.25) is 4.57 Å². The van der Waals surface area contributed by atoms with Crippen LogP contribution in [0.15, 0.2) is 0 Å². The summed E-state index contributed by atoms with van der Waals surface area (Å²) in [6, 6.07) is 0. The molecular formula is C10H23O2PS2. The summed E-state index contributed by atoms with van der Waals surface area (Å²) in [5.41, 5.74) is 0. The Labute approximate surface area is 103 Å². The Bertz CT molecular complexity index is 186. The fraction of sp³-hybridized carbons (Fsp3) is 1.00. The van der Waals surface area contributed by atoms with Crippen molar-refractivity contribution < 1.29 is 9.09 Å². The molecule has 0 radical (unpaired) electrons. The van der Waals surface area contributed by atoms with Crippen molar-refractivity contribution in [2.75, 3.05) is 0 Å². The smallest absolute Gasteiger partial charge is 0.310 e. The van der Waals surface area contributed by atoms with Crippen molar-refractivity contribution >= 4 is 29.4 Å². The minimum atomic E-state index is -2.76. The van der Waals surface area contributed by atoms with E-state index in [2.05, 4.69) is 26.1 Å². The van der Waals surface area contributed by atoms with Crippen molar-refractivity contribution in [3.63, 3.8) is 0 Å². The standard InChI is InChI=1S/C10H23O2PS2/c1-5-9(6-2)12-13(11,14)15-10(7-3)8-4/h9-10H,5-8H2,1-4H3,(H,11,14). The fourth-order valence-corrected chi connectivity index (χ4v) is 6.82. The lowest BCUT2D eigenvalue weighted by atomic mass is 10.2. The van der Waals surface area contributed by atoms with E-state index >= 15 is 0 Å². The first-order valence-electron chi connectivity index (χ1n) is 5.68. The van der Waals surface area contributed by atoms with Gasteiger partial charge < -0.3 is 4.52 Å². The Morgan fingerprint density at radius 2 is 1.60 bits per heavy atom. The van der Waals surface area contributed by atoms with Gasteiger partial charge >= 0.3 is 5.77 Å². The molecule has 0 aromatic carbocycles. The van der Waals surface area contributed by atoms with Crippen LogP contribution in [0.5, 0.6) is 0 Å². The molecule has 1 unspecified atom stereocenters. The Morgan fingerprint density at radius 3 is 1.93 bits per heavy atom. The van der Waals surface area contributed by atoms with E-state index in [1.165, 1.54) is 11.4 Å². The molecule has 0 rings (SSSR count). The van der Waals surface area contributed by atoms with Gasteiger partial charge in [-0.15, -0.1) is 0 Å². The average molecular weight is 270 g/mol. The van der Waals surface area contributed by atoms with Crippen LogP contribution in [0.3, 0.4) is 0 Å². The van der Waals surface area contributed by atoms with E-state index in [4.69, 9.17) is 4.52 Å². The monoisotopic (exact) mass is 270 g/mol. The maximum absolute atomic E-state index is 12.1. The van der Waals surface area contributed by atoms with Gasteiger partial charge in [-0.2, -0.15) is 0 Å². The highest BCUT2D eigenvalue weighted by atomic mass is 33.1. The highest BCUT2D eigenvalue weighted by molar-refractivity contribution is 8.84. The molecule has 0 aromatic rings. The van der Waals surface area contributed by atoms with Gasteiger partial charge in [0.05, 0.1) is 6.10 Å². The number of hydrogen-bond donors (Lipinski definition) is 1. The highest BCUT2D eigenvalue weighted by Crippen LogP contribution is 2.67. The zero-order valence-corrected chi connectivity index (χ0v) is 12.7. The zero-order valence-electron chi connectivity index (χ0n) is 10.1. The third kappa shape index (κ3) is 6.93. The largest absolute Gasteiger partial charge is 0.310 e. The van der Waals surface area contributed by atoms with Gasteiger partial charge in [0.2, 0.25) is 0 Å². The minimum absolute atomic E-state index is 0.0789. The third-order valence-electron chi connectivity index (χ3n) is 2.39. The lowest BCUT2D eigenvalue weighted by Crippen LogP contribution is -2.07. The molecule has 2 nitrogen and oxygen atoms in total. The van der Waals surface area contributed by atoms with Crippen LogP contribution in [-0.4, -0.2) is 11.4 Å². The molecule has 0 amide bonds. The molecule has 15 heavy (non-hydrogen) atoms. The quantitative estimate of drug-likeness (QED) is 0.488. The first-order valence-corrected chi connectivity index (χ1v) is 9.94. The first-order chi connectivity index (χ1) is 6.99. The van der Waals surface area contributed by atoms with Crippen molar-refractivity contribution in [1.29, 1.82) is 0 Å². The zero-order chi connectivity index (χ0) is 11.9. The lowest BCUT2D eigenvalue weighted by molar-refractivity contribution is 0.209. The maximum Gasteiger partial charge on any atom is 0.310 e. The van der Waals surface area contributed by atoms with Crippen LogP contribution in [0.1, 0.15) is 53.4 Å². The van der Waals surface area contributed by atoms with E-state index in [1.807, 2.05) is 13.8 Å². The lowest BCUT2D eigenvalue weighted by Gasteiger charge is -2.22. The normalized spacial score (nSPS) is 15.9. The van der Waals surface area contributed by atoms with Crippen LogP contribution in [0.4, 0.5) is 0 Å². The summed E-state index contributed by atoms with van der Waals surface area (Å²) in [5.74, 6) is -2.76. The Hall–Kier alpha value is 0.890. The molecule has 0 aliphatic heterocycles. The van der Waals surface area contributed by atoms with E-state index in [1.54, 1.807) is 0 Å². The Morgan fingerprint density at radius 1 is 1.13 bits per heavy atom. The molecule has 0 aliphatic rings. The molecular weight excluding hydrogens is 247 g/mol. The molecule has 0 aliphatic carbocycles. The predicted molar refractivity (Wildman–Crippen MR) is 74.0 cm³/mol. The fourth-order valence-electron chi connectivity index (χ4n) is 1.28. The molecule has 0 fully saturated rings. The number of hydrogen-bond acceptors (Lipinski definition) is 3. The van der Waals surface area contributed by atoms with Crippen LogP contribution in [0, 0.1) is 0 Å². The summed E-state index contributed by atoms with van der Waals surface area (Å²) in [6.45, 7) is 8.30. The molecule has 0 saturated carbocycles. The minimum Gasteiger partial charge on any atom is -0.310 e. The van der Waals surface area contributed by atoms with E-state index in [9.17, 15) is 4.57 Å². The molecule has 1 atom stereocenters. The molecule has 0 bridgehead atoms. The van der Waals surface area contributed by atoms with Crippen molar-refractivity contribution in [3.8, 4) is 0 Å². The molecule has 0 saturated heterocycles. The Balaban J connectivity index is 4.21. The van der Waals surface area contributed by atoms with Crippen molar-refractivity contribution in [2.24, 2.45) is 0 Å². The van der Waals surface area contributed by atoms with Crippen molar-refractivity contribution in [2.45, 2.75) is 64.7 Å². The van der Waals surface area contributed by atoms with E-state index < -0.39 is 5.77 Å². The van der Waals surface area contributed by atoms with E-state index in [0.29, 0.717) is 5.25 Å². The number of thiol groups is 1. The van der Waals surface area contributed by atoms with E-state index in [0.717, 1.165) is 25.7 Å². The van der Waals surface area contributed by atoms with Gasteiger partial charge in [-0.05, 0) is 25.7 Å². The van der Waals surface area contributed by atoms with Gasteiger partial charge in [-0.25, -0.2) is 0 Å². The maximum atomic E-state index is 12.1. The second-order valence-electron chi connectivity index (χ2n) is 3.56. The predicted octanol–water partition coefficient (Wildman–Crippen LogP) is 5.15. The second-order valence-corrected chi connectivity index (χ2v) is 10.0.